The Kier molecular flexibility index (Phi) is 3.78. The molecule has 1 heterocycles. The molecule has 0 radical (unpaired) electrons. The number of para-hydroxylation sites is 1. The van der Waals surface area contributed by atoms with Gasteiger partial charge < -0.3 is 14.8 Å². The number of ketones is 1. The fourth-order valence-electron chi connectivity index (χ4n) is 2.27. The molecule has 1 aliphatic heterocycles. The van der Waals surface area contributed by atoms with Gasteiger partial charge in [0.15, 0.2) is 11.5 Å². The van der Waals surface area contributed by atoms with Crippen molar-refractivity contribution in [3.63, 3.8) is 0 Å². The van der Waals surface area contributed by atoms with Crippen LogP contribution in [0.1, 0.15) is 23.7 Å². The number of nitrogens with one attached hydrogen (secondary N) is 1. The molecule has 0 saturated heterocycles. The summed E-state index contributed by atoms with van der Waals surface area (Å²) in [6.07, 6.45) is 0.345. The molecule has 5 nitrogen and oxygen atoms in total. The molecule has 3 rings (SSSR count). The standard InChI is InChI=1S/C17H15NO4/c1-11(19)18-14-10-16-13(15(20)7-8-21-16)9-17(14)22-12-5-3-2-4-6-12/h2-6,9-10H,7-8H2,1H3,(H,18,19). The predicted octanol–water partition coefficient (Wildman–Crippen LogP) is 3.40. The van der Waals surface area contributed by atoms with Gasteiger partial charge in [-0.3, -0.25) is 9.59 Å². The highest BCUT2D eigenvalue weighted by atomic mass is 16.5. The maximum atomic E-state index is 12.0. The fraction of sp³-hybridized carbons (Fsp3) is 0.176. The van der Waals surface area contributed by atoms with E-state index < -0.39 is 0 Å². The third kappa shape index (κ3) is 2.93. The fourth-order valence-corrected chi connectivity index (χ4v) is 2.27. The third-order valence-electron chi connectivity index (χ3n) is 3.25. The highest BCUT2D eigenvalue weighted by molar-refractivity contribution is 6.01. The van der Waals surface area contributed by atoms with E-state index >= 15 is 0 Å². The summed E-state index contributed by atoms with van der Waals surface area (Å²) < 4.78 is 11.3. The van der Waals surface area contributed by atoms with Crippen LogP contribution in [-0.4, -0.2) is 18.3 Å². The van der Waals surface area contributed by atoms with E-state index in [0.717, 1.165) is 0 Å². The molecule has 0 spiro atoms. The number of fused-ring (bicyclic) bond motifs is 1. The average Bonchev–Trinajstić information content (AvgIpc) is 2.49. The van der Waals surface area contributed by atoms with Crippen LogP contribution in [-0.2, 0) is 4.79 Å². The minimum atomic E-state index is -0.222. The summed E-state index contributed by atoms with van der Waals surface area (Å²) in [6.45, 7) is 1.77. The smallest absolute Gasteiger partial charge is 0.221 e. The molecule has 0 aromatic heterocycles. The SMILES string of the molecule is CC(=O)Nc1cc2c(cc1Oc1ccccc1)C(=O)CCO2. The van der Waals surface area contributed by atoms with E-state index in [-0.39, 0.29) is 11.7 Å². The van der Waals surface area contributed by atoms with E-state index in [1.54, 1.807) is 24.3 Å². The molecule has 0 unspecified atom stereocenters. The maximum Gasteiger partial charge on any atom is 0.221 e. The van der Waals surface area contributed by atoms with Crippen molar-refractivity contribution in [2.75, 3.05) is 11.9 Å². The molecule has 2 aromatic rings. The summed E-state index contributed by atoms with van der Waals surface area (Å²) in [6, 6.07) is 12.4. The molecule has 0 fully saturated rings. The molecule has 0 atom stereocenters. The minimum absolute atomic E-state index is 0.00790. The normalized spacial score (nSPS) is 13.0. The second-order valence-corrected chi connectivity index (χ2v) is 4.96. The summed E-state index contributed by atoms with van der Waals surface area (Å²) in [5.74, 6) is 1.30. The lowest BCUT2D eigenvalue weighted by molar-refractivity contribution is -0.114. The van der Waals surface area contributed by atoms with Crippen LogP contribution in [0.4, 0.5) is 5.69 Å². The number of Topliss-reactive ketones (excluding diaryl/α,β-unsaturated/α-hetero) is 1. The van der Waals surface area contributed by atoms with Gasteiger partial charge in [-0.2, -0.15) is 0 Å². The van der Waals surface area contributed by atoms with Crippen LogP contribution in [0, 0.1) is 0 Å². The van der Waals surface area contributed by atoms with Gasteiger partial charge in [-0.1, -0.05) is 18.2 Å². The largest absolute Gasteiger partial charge is 0.492 e. The Bertz CT molecular complexity index is 725. The zero-order valence-corrected chi connectivity index (χ0v) is 12.1. The van der Waals surface area contributed by atoms with Crippen molar-refractivity contribution in [2.24, 2.45) is 0 Å². The lowest BCUT2D eigenvalue weighted by Crippen LogP contribution is -2.16. The molecule has 1 amide bonds. The van der Waals surface area contributed by atoms with Gasteiger partial charge >= 0.3 is 0 Å². The van der Waals surface area contributed by atoms with Crippen LogP contribution in [0.5, 0.6) is 17.2 Å². The number of carbonyl (C=O) groups excluding carboxylic acids is 2. The van der Waals surface area contributed by atoms with Crippen molar-refractivity contribution >= 4 is 17.4 Å². The predicted molar refractivity (Wildman–Crippen MR) is 81.7 cm³/mol. The van der Waals surface area contributed by atoms with Gasteiger partial charge in [-0.25, -0.2) is 0 Å². The van der Waals surface area contributed by atoms with Gasteiger partial charge in [0.05, 0.1) is 17.9 Å². The summed E-state index contributed by atoms with van der Waals surface area (Å²) in [5, 5.41) is 2.70. The molecule has 1 N–H and O–H groups in total. The number of rotatable bonds is 3. The highest BCUT2D eigenvalue weighted by Gasteiger charge is 2.22. The Morgan fingerprint density at radius 3 is 2.73 bits per heavy atom. The highest BCUT2D eigenvalue weighted by Crippen LogP contribution is 2.37. The monoisotopic (exact) mass is 297 g/mol. The molecule has 2 aromatic carbocycles. The molecule has 0 aliphatic carbocycles. The van der Waals surface area contributed by atoms with Gasteiger partial charge in [-0.15, -0.1) is 0 Å². The third-order valence-corrected chi connectivity index (χ3v) is 3.25. The number of ether oxygens (including phenoxy) is 2. The van der Waals surface area contributed by atoms with Crippen LogP contribution in [0.15, 0.2) is 42.5 Å². The zero-order valence-electron chi connectivity index (χ0n) is 12.1. The second-order valence-electron chi connectivity index (χ2n) is 4.96. The molecular weight excluding hydrogens is 282 g/mol. The summed E-state index contributed by atoms with van der Waals surface area (Å²) >= 11 is 0. The maximum absolute atomic E-state index is 12.0. The van der Waals surface area contributed by atoms with Crippen LogP contribution in [0.25, 0.3) is 0 Å². The first kappa shape index (κ1) is 14.1. The van der Waals surface area contributed by atoms with Crippen LogP contribution < -0.4 is 14.8 Å². The number of carbonyl (C=O) groups is 2. The molecule has 0 saturated carbocycles. The van der Waals surface area contributed by atoms with Gasteiger partial charge in [0, 0.05) is 19.4 Å². The van der Waals surface area contributed by atoms with Crippen LogP contribution >= 0.6 is 0 Å². The topological polar surface area (TPSA) is 64.6 Å². The first-order chi connectivity index (χ1) is 10.6. The van der Waals surface area contributed by atoms with E-state index in [2.05, 4.69) is 5.32 Å². The number of hydrogen-bond donors (Lipinski definition) is 1. The Hall–Kier alpha value is -2.82. The molecule has 5 heteroatoms. The molecule has 112 valence electrons. The summed E-state index contributed by atoms with van der Waals surface area (Å²) in [5.41, 5.74) is 0.955. The van der Waals surface area contributed by atoms with Gasteiger partial charge in [-0.05, 0) is 18.2 Å². The first-order valence-corrected chi connectivity index (χ1v) is 6.98. The average molecular weight is 297 g/mol. The van der Waals surface area contributed by atoms with Crippen molar-refractivity contribution in [1.82, 2.24) is 0 Å². The van der Waals surface area contributed by atoms with E-state index in [0.29, 0.717) is 41.5 Å². The van der Waals surface area contributed by atoms with Crippen LogP contribution in [0.2, 0.25) is 0 Å². The van der Waals surface area contributed by atoms with E-state index in [1.807, 2.05) is 18.2 Å². The number of anilines is 1. The molecule has 0 bridgehead atoms. The van der Waals surface area contributed by atoms with Crippen molar-refractivity contribution in [3.8, 4) is 17.2 Å². The minimum Gasteiger partial charge on any atom is -0.492 e. The van der Waals surface area contributed by atoms with Gasteiger partial charge in [0.25, 0.3) is 0 Å². The number of hydrogen-bond acceptors (Lipinski definition) is 4. The first-order valence-electron chi connectivity index (χ1n) is 6.98. The Labute approximate surface area is 127 Å². The van der Waals surface area contributed by atoms with E-state index in [4.69, 9.17) is 9.47 Å². The number of amides is 1. The molecule has 22 heavy (non-hydrogen) atoms. The van der Waals surface area contributed by atoms with Gasteiger partial charge in [0.1, 0.15) is 11.5 Å². The van der Waals surface area contributed by atoms with Crippen molar-refractivity contribution in [1.29, 1.82) is 0 Å². The lowest BCUT2D eigenvalue weighted by atomic mass is 10.0. The van der Waals surface area contributed by atoms with E-state index in [9.17, 15) is 9.59 Å². The molecule has 1 aliphatic rings. The summed E-state index contributed by atoms with van der Waals surface area (Å²) in [7, 11) is 0. The quantitative estimate of drug-likeness (QED) is 0.943. The Morgan fingerprint density at radius 1 is 1.23 bits per heavy atom. The van der Waals surface area contributed by atoms with E-state index in [1.165, 1.54) is 6.92 Å². The molecular formula is C17H15NO4. The second kappa shape index (κ2) is 5.89. The zero-order chi connectivity index (χ0) is 15.5. The Balaban J connectivity index is 2.03. The summed E-state index contributed by atoms with van der Waals surface area (Å²) in [4.78, 5) is 23.4. The lowest BCUT2D eigenvalue weighted by Gasteiger charge is -2.20. The van der Waals surface area contributed by atoms with Crippen molar-refractivity contribution in [2.45, 2.75) is 13.3 Å². The van der Waals surface area contributed by atoms with Gasteiger partial charge in [0.2, 0.25) is 5.91 Å². The van der Waals surface area contributed by atoms with Crippen molar-refractivity contribution < 1.29 is 19.1 Å². The van der Waals surface area contributed by atoms with Crippen LogP contribution in [0.3, 0.4) is 0 Å². The number of benzene rings is 2. The Morgan fingerprint density at radius 2 is 2.00 bits per heavy atom. The van der Waals surface area contributed by atoms with Crippen molar-refractivity contribution in [3.05, 3.63) is 48.0 Å².